The van der Waals surface area contributed by atoms with Gasteiger partial charge in [0, 0.05) is 18.7 Å². The van der Waals surface area contributed by atoms with Crippen LogP contribution in [0.5, 0.6) is 11.5 Å². The zero-order chi connectivity index (χ0) is 22.5. The molecule has 0 unspecified atom stereocenters. The highest BCUT2D eigenvalue weighted by Gasteiger charge is 2.17. The van der Waals surface area contributed by atoms with E-state index in [1.165, 1.54) is 22.5 Å². The van der Waals surface area contributed by atoms with Crippen LogP contribution in [0.1, 0.15) is 29.8 Å². The number of nitrogens with one attached hydrogen (secondary N) is 1. The van der Waals surface area contributed by atoms with E-state index in [9.17, 15) is 9.59 Å². The molecule has 1 heterocycles. The zero-order valence-electron chi connectivity index (χ0n) is 18.1. The summed E-state index contributed by atoms with van der Waals surface area (Å²) in [6, 6.07) is 17.8. The second-order valence-corrected chi connectivity index (χ2v) is 7.27. The van der Waals surface area contributed by atoms with Gasteiger partial charge in [-0.05, 0) is 36.2 Å². The highest BCUT2D eigenvalue weighted by Crippen LogP contribution is 2.31. The molecule has 1 aromatic heterocycles. The number of carbonyl (C=O) groups excluding carboxylic acids is 1. The maximum atomic E-state index is 12.9. The van der Waals surface area contributed by atoms with Crippen molar-refractivity contribution in [2.24, 2.45) is 0 Å². The summed E-state index contributed by atoms with van der Waals surface area (Å²) in [7, 11) is 0. The van der Waals surface area contributed by atoms with E-state index in [-0.39, 0.29) is 12.2 Å². The van der Waals surface area contributed by atoms with E-state index in [4.69, 9.17) is 14.2 Å². The van der Waals surface area contributed by atoms with Gasteiger partial charge in [0.05, 0.1) is 30.7 Å². The van der Waals surface area contributed by atoms with Crippen molar-refractivity contribution < 1.29 is 19.0 Å². The van der Waals surface area contributed by atoms with Crippen LogP contribution < -0.4 is 14.9 Å². The number of H-pyrrole nitrogens is 1. The Labute approximate surface area is 185 Å². The Morgan fingerprint density at radius 2 is 1.69 bits per heavy atom. The molecule has 0 aliphatic carbocycles. The molecule has 0 radical (unpaired) electrons. The number of esters is 1. The van der Waals surface area contributed by atoms with Crippen molar-refractivity contribution in [1.29, 1.82) is 0 Å². The van der Waals surface area contributed by atoms with Crippen LogP contribution in [0.4, 0.5) is 0 Å². The van der Waals surface area contributed by atoms with Crippen LogP contribution in [-0.4, -0.2) is 30.8 Å². The lowest BCUT2D eigenvalue weighted by Crippen LogP contribution is -2.18. The minimum atomic E-state index is -0.650. The van der Waals surface area contributed by atoms with Crippen LogP contribution >= 0.6 is 0 Å². The third-order valence-electron chi connectivity index (χ3n) is 5.25. The van der Waals surface area contributed by atoms with Crippen LogP contribution in [0.15, 0.2) is 65.6 Å². The molecule has 1 N–H and O–H groups in total. The maximum absolute atomic E-state index is 12.9. The van der Waals surface area contributed by atoms with Crippen molar-refractivity contribution >= 4 is 27.6 Å². The van der Waals surface area contributed by atoms with Gasteiger partial charge >= 0.3 is 5.97 Å². The van der Waals surface area contributed by atoms with Gasteiger partial charge in [0.25, 0.3) is 0 Å². The molecule has 0 fully saturated rings. The third-order valence-corrected chi connectivity index (χ3v) is 5.25. The van der Waals surface area contributed by atoms with Crippen molar-refractivity contribution in [3.05, 3.63) is 82.1 Å². The monoisotopic (exact) mass is 431 g/mol. The van der Waals surface area contributed by atoms with E-state index in [1.807, 2.05) is 25.1 Å². The molecule has 4 aromatic rings. The molecule has 0 saturated carbocycles. The van der Waals surface area contributed by atoms with Gasteiger partial charge in [-0.15, -0.1) is 0 Å². The van der Waals surface area contributed by atoms with Crippen LogP contribution in [0.2, 0.25) is 0 Å². The first kappa shape index (κ1) is 21.4. The van der Waals surface area contributed by atoms with E-state index in [2.05, 4.69) is 29.2 Å². The number of carbonyl (C=O) groups is 1. The Hall–Kier alpha value is -3.80. The van der Waals surface area contributed by atoms with Crippen molar-refractivity contribution in [2.45, 2.75) is 20.3 Å². The van der Waals surface area contributed by atoms with Crippen molar-refractivity contribution in [1.82, 2.24) is 4.98 Å². The number of aromatic nitrogens is 1. The average Bonchev–Trinajstić information content (AvgIpc) is 2.80. The Kier molecular flexibility index (Phi) is 6.40. The molecule has 0 aliphatic rings. The van der Waals surface area contributed by atoms with Gasteiger partial charge in [-0.1, -0.05) is 42.5 Å². The molecule has 3 aromatic carbocycles. The van der Waals surface area contributed by atoms with Crippen molar-refractivity contribution in [2.75, 3.05) is 19.8 Å². The number of hydrogen-bond donors (Lipinski definition) is 1. The van der Waals surface area contributed by atoms with E-state index in [0.717, 1.165) is 0 Å². The SMILES string of the molecule is CCOC(=O)c1c[nH]c2cc(OCC)c(OCCc3cccc4ccccc34)cc2c1=O. The molecular formula is C26H25NO5. The van der Waals surface area contributed by atoms with Gasteiger partial charge in [0.1, 0.15) is 5.56 Å². The van der Waals surface area contributed by atoms with Gasteiger partial charge in [0.15, 0.2) is 11.5 Å². The summed E-state index contributed by atoms with van der Waals surface area (Å²) in [6.45, 7) is 4.65. The topological polar surface area (TPSA) is 77.6 Å². The van der Waals surface area contributed by atoms with Crippen LogP contribution in [0.3, 0.4) is 0 Å². The molecule has 0 amide bonds. The predicted octanol–water partition coefficient (Wildman–Crippen LogP) is 4.88. The first-order valence-electron chi connectivity index (χ1n) is 10.7. The van der Waals surface area contributed by atoms with E-state index in [0.29, 0.717) is 42.0 Å². The number of pyridine rings is 1. The number of ether oxygens (including phenoxy) is 3. The summed E-state index contributed by atoms with van der Waals surface area (Å²) in [5.41, 5.74) is 1.31. The van der Waals surface area contributed by atoms with Crippen LogP contribution in [0, 0.1) is 0 Å². The molecule has 0 spiro atoms. The molecule has 0 bridgehead atoms. The lowest BCUT2D eigenvalue weighted by molar-refractivity contribution is 0.0524. The molecule has 0 aliphatic heterocycles. The molecule has 4 rings (SSSR count). The van der Waals surface area contributed by atoms with Crippen molar-refractivity contribution in [3.8, 4) is 11.5 Å². The molecule has 0 atom stereocenters. The highest BCUT2D eigenvalue weighted by molar-refractivity contribution is 5.94. The molecule has 0 saturated heterocycles. The summed E-state index contributed by atoms with van der Waals surface area (Å²) >= 11 is 0. The predicted molar refractivity (Wildman–Crippen MR) is 125 cm³/mol. The fourth-order valence-electron chi connectivity index (χ4n) is 3.75. The standard InChI is InChI=1S/C26H25NO5/c1-3-30-24-15-22-20(25(28)21(16-27-22)26(29)31-4-2)14-23(24)32-13-12-18-10-7-9-17-8-5-6-11-19(17)18/h5-11,14-16H,3-4,12-13H2,1-2H3,(H,27,28). The summed E-state index contributed by atoms with van der Waals surface area (Å²) in [5, 5.41) is 2.72. The van der Waals surface area contributed by atoms with Crippen LogP contribution in [-0.2, 0) is 11.2 Å². The van der Waals surface area contributed by atoms with Crippen molar-refractivity contribution in [3.63, 3.8) is 0 Å². The minimum Gasteiger partial charge on any atom is -0.490 e. The summed E-state index contributed by atoms with van der Waals surface area (Å²) in [6.07, 6.45) is 2.07. The molecule has 6 nitrogen and oxygen atoms in total. The normalized spacial score (nSPS) is 10.9. The smallest absolute Gasteiger partial charge is 0.343 e. The Morgan fingerprint density at radius 1 is 0.906 bits per heavy atom. The van der Waals surface area contributed by atoms with E-state index in [1.54, 1.807) is 19.1 Å². The van der Waals surface area contributed by atoms with Gasteiger partial charge < -0.3 is 19.2 Å². The highest BCUT2D eigenvalue weighted by atomic mass is 16.5. The quantitative estimate of drug-likeness (QED) is 0.403. The number of aromatic amines is 1. The van der Waals surface area contributed by atoms with E-state index < -0.39 is 11.4 Å². The van der Waals surface area contributed by atoms with Gasteiger partial charge in [0.2, 0.25) is 5.43 Å². The molecule has 32 heavy (non-hydrogen) atoms. The summed E-state index contributed by atoms with van der Waals surface area (Å²) < 4.78 is 16.8. The van der Waals surface area contributed by atoms with Gasteiger partial charge in [-0.2, -0.15) is 0 Å². The summed E-state index contributed by atoms with van der Waals surface area (Å²) in [5.74, 6) is 0.353. The number of hydrogen-bond acceptors (Lipinski definition) is 5. The fraction of sp³-hybridized carbons (Fsp3) is 0.231. The molecule has 164 valence electrons. The largest absolute Gasteiger partial charge is 0.490 e. The van der Waals surface area contributed by atoms with Gasteiger partial charge in [-0.25, -0.2) is 4.79 Å². The lowest BCUT2D eigenvalue weighted by atomic mass is 10.0. The Bertz CT molecular complexity index is 1320. The number of fused-ring (bicyclic) bond motifs is 2. The van der Waals surface area contributed by atoms with Gasteiger partial charge in [-0.3, -0.25) is 4.79 Å². The first-order valence-corrected chi connectivity index (χ1v) is 10.7. The number of rotatable bonds is 8. The Morgan fingerprint density at radius 3 is 2.50 bits per heavy atom. The maximum Gasteiger partial charge on any atom is 0.343 e. The Balaban J connectivity index is 1.64. The third kappa shape index (κ3) is 4.30. The second kappa shape index (κ2) is 9.56. The molecular weight excluding hydrogens is 406 g/mol. The second-order valence-electron chi connectivity index (χ2n) is 7.27. The first-order chi connectivity index (χ1) is 15.6. The summed E-state index contributed by atoms with van der Waals surface area (Å²) in [4.78, 5) is 28.0. The minimum absolute atomic E-state index is 0.0368. The fourth-order valence-corrected chi connectivity index (χ4v) is 3.75. The van der Waals surface area contributed by atoms with E-state index >= 15 is 0 Å². The molecule has 6 heteroatoms. The lowest BCUT2D eigenvalue weighted by Gasteiger charge is -2.14. The average molecular weight is 431 g/mol. The zero-order valence-corrected chi connectivity index (χ0v) is 18.1. The van der Waals surface area contributed by atoms with Crippen LogP contribution in [0.25, 0.3) is 21.7 Å². The number of benzene rings is 3.